The van der Waals surface area contributed by atoms with Gasteiger partial charge in [0.2, 0.25) is 0 Å². The Morgan fingerprint density at radius 1 is 1.33 bits per heavy atom. The highest BCUT2D eigenvalue weighted by atomic mass is 19.1. The Labute approximate surface area is 124 Å². The molecule has 2 heterocycles. The molecular formula is C16H19FN4. The number of pyridine rings is 2. The van der Waals surface area contributed by atoms with Crippen molar-refractivity contribution < 1.29 is 4.39 Å². The molecule has 2 aromatic rings. The van der Waals surface area contributed by atoms with Gasteiger partial charge >= 0.3 is 0 Å². The van der Waals surface area contributed by atoms with Crippen molar-refractivity contribution in [1.82, 2.24) is 15.3 Å². The van der Waals surface area contributed by atoms with Crippen LogP contribution >= 0.6 is 0 Å². The molecule has 1 N–H and O–H groups in total. The summed E-state index contributed by atoms with van der Waals surface area (Å²) in [6.07, 6.45) is 7.25. The topological polar surface area (TPSA) is 41.1 Å². The van der Waals surface area contributed by atoms with Crippen LogP contribution in [0.25, 0.3) is 0 Å². The third-order valence-electron chi connectivity index (χ3n) is 3.60. The van der Waals surface area contributed by atoms with Crippen molar-refractivity contribution in [2.75, 3.05) is 11.9 Å². The number of rotatable bonds is 6. The molecule has 21 heavy (non-hydrogen) atoms. The minimum absolute atomic E-state index is 0.288. The SMILES string of the molecule is CN(Cc1ccncc1)c1ncc(F)cc1CNC1CC1. The van der Waals surface area contributed by atoms with Gasteiger partial charge in [-0.3, -0.25) is 4.98 Å². The molecule has 2 aromatic heterocycles. The van der Waals surface area contributed by atoms with E-state index in [1.54, 1.807) is 18.5 Å². The average Bonchev–Trinajstić information content (AvgIpc) is 3.30. The number of aromatic nitrogens is 2. The van der Waals surface area contributed by atoms with E-state index >= 15 is 0 Å². The van der Waals surface area contributed by atoms with Crippen LogP contribution < -0.4 is 10.2 Å². The van der Waals surface area contributed by atoms with Crippen LogP contribution in [-0.4, -0.2) is 23.1 Å². The summed E-state index contributed by atoms with van der Waals surface area (Å²) in [5, 5.41) is 3.42. The van der Waals surface area contributed by atoms with Crippen LogP contribution in [0.15, 0.2) is 36.8 Å². The number of nitrogens with one attached hydrogen (secondary N) is 1. The van der Waals surface area contributed by atoms with Gasteiger partial charge < -0.3 is 10.2 Å². The summed E-state index contributed by atoms with van der Waals surface area (Å²) in [6, 6.07) is 6.11. The molecule has 1 fully saturated rings. The summed E-state index contributed by atoms with van der Waals surface area (Å²) in [5.74, 6) is 0.532. The Morgan fingerprint density at radius 3 is 2.81 bits per heavy atom. The van der Waals surface area contributed by atoms with Gasteiger partial charge in [-0.2, -0.15) is 0 Å². The monoisotopic (exact) mass is 286 g/mol. The molecule has 0 aromatic carbocycles. The molecule has 110 valence electrons. The molecule has 0 bridgehead atoms. The zero-order valence-electron chi connectivity index (χ0n) is 12.1. The van der Waals surface area contributed by atoms with E-state index in [1.807, 2.05) is 24.1 Å². The van der Waals surface area contributed by atoms with Gasteiger partial charge in [0, 0.05) is 44.1 Å². The third-order valence-corrected chi connectivity index (χ3v) is 3.60. The molecule has 1 aliphatic rings. The zero-order valence-corrected chi connectivity index (χ0v) is 12.1. The lowest BCUT2D eigenvalue weighted by Crippen LogP contribution is -2.23. The second kappa shape index (κ2) is 6.18. The van der Waals surface area contributed by atoms with Crippen molar-refractivity contribution in [3.05, 3.63) is 53.7 Å². The lowest BCUT2D eigenvalue weighted by atomic mass is 10.2. The van der Waals surface area contributed by atoms with E-state index in [-0.39, 0.29) is 5.82 Å². The van der Waals surface area contributed by atoms with Crippen molar-refractivity contribution in [3.8, 4) is 0 Å². The number of nitrogens with zero attached hydrogens (tertiary/aromatic N) is 3. The first-order chi connectivity index (χ1) is 10.2. The van der Waals surface area contributed by atoms with E-state index in [1.165, 1.54) is 19.0 Å². The van der Waals surface area contributed by atoms with Crippen molar-refractivity contribution >= 4 is 5.82 Å². The standard InChI is InChI=1S/C16H19FN4/c1-21(11-12-4-6-18-7-5-12)16-13(8-14(17)10-20-16)9-19-15-2-3-15/h4-8,10,15,19H,2-3,9,11H2,1H3. The fourth-order valence-electron chi connectivity index (χ4n) is 2.33. The fraction of sp³-hybridized carbons (Fsp3) is 0.375. The zero-order chi connectivity index (χ0) is 14.7. The maximum Gasteiger partial charge on any atom is 0.141 e. The molecule has 5 heteroatoms. The lowest BCUT2D eigenvalue weighted by Gasteiger charge is -2.21. The van der Waals surface area contributed by atoms with Gasteiger partial charge in [0.1, 0.15) is 11.6 Å². The number of hydrogen-bond donors (Lipinski definition) is 1. The molecule has 0 amide bonds. The van der Waals surface area contributed by atoms with Crippen molar-refractivity contribution in [1.29, 1.82) is 0 Å². The first-order valence-corrected chi connectivity index (χ1v) is 7.20. The van der Waals surface area contributed by atoms with Crippen LogP contribution in [0.5, 0.6) is 0 Å². The Morgan fingerprint density at radius 2 is 2.10 bits per heavy atom. The van der Waals surface area contributed by atoms with Gasteiger partial charge in [-0.15, -0.1) is 0 Å². The minimum Gasteiger partial charge on any atom is -0.355 e. The molecule has 0 spiro atoms. The largest absolute Gasteiger partial charge is 0.355 e. The predicted molar refractivity (Wildman–Crippen MR) is 80.4 cm³/mol. The second-order valence-corrected chi connectivity index (χ2v) is 5.50. The molecule has 0 radical (unpaired) electrons. The van der Waals surface area contributed by atoms with Crippen LogP contribution in [0.4, 0.5) is 10.2 Å². The summed E-state index contributed by atoms with van der Waals surface area (Å²) in [5.41, 5.74) is 2.05. The van der Waals surface area contributed by atoms with Gasteiger partial charge in [-0.1, -0.05) is 0 Å². The first kappa shape index (κ1) is 13.9. The van der Waals surface area contributed by atoms with Gasteiger partial charge in [-0.05, 0) is 36.6 Å². The molecule has 0 atom stereocenters. The Kier molecular flexibility index (Phi) is 4.10. The second-order valence-electron chi connectivity index (χ2n) is 5.50. The van der Waals surface area contributed by atoms with Gasteiger partial charge in [0.25, 0.3) is 0 Å². The van der Waals surface area contributed by atoms with E-state index < -0.39 is 0 Å². The smallest absolute Gasteiger partial charge is 0.141 e. The first-order valence-electron chi connectivity index (χ1n) is 7.20. The molecule has 0 aliphatic heterocycles. The van der Waals surface area contributed by atoms with Crippen molar-refractivity contribution in [2.24, 2.45) is 0 Å². The van der Waals surface area contributed by atoms with Crippen molar-refractivity contribution in [3.63, 3.8) is 0 Å². The predicted octanol–water partition coefficient (Wildman–Crippen LogP) is 2.50. The summed E-state index contributed by atoms with van der Waals surface area (Å²) in [4.78, 5) is 10.3. The van der Waals surface area contributed by atoms with Crippen LogP contribution in [0, 0.1) is 5.82 Å². The van der Waals surface area contributed by atoms with Gasteiger partial charge in [0.15, 0.2) is 0 Å². The maximum absolute atomic E-state index is 13.5. The molecular weight excluding hydrogens is 267 g/mol. The molecule has 0 unspecified atom stereocenters. The maximum atomic E-state index is 13.5. The van der Waals surface area contributed by atoms with E-state index in [0.29, 0.717) is 12.6 Å². The van der Waals surface area contributed by atoms with Gasteiger partial charge in [0.05, 0.1) is 6.20 Å². The molecule has 4 nitrogen and oxygen atoms in total. The van der Waals surface area contributed by atoms with Crippen LogP contribution in [-0.2, 0) is 13.1 Å². The third kappa shape index (κ3) is 3.76. The highest BCUT2D eigenvalue weighted by Gasteiger charge is 2.21. The molecule has 1 aliphatic carbocycles. The fourth-order valence-corrected chi connectivity index (χ4v) is 2.33. The molecule has 0 saturated heterocycles. The summed E-state index contributed by atoms with van der Waals surface area (Å²) >= 11 is 0. The molecule has 3 rings (SSSR count). The normalized spacial score (nSPS) is 14.2. The highest BCUT2D eigenvalue weighted by molar-refractivity contribution is 5.46. The minimum atomic E-state index is -0.288. The van der Waals surface area contributed by atoms with E-state index in [9.17, 15) is 4.39 Å². The Hall–Kier alpha value is -2.01. The highest BCUT2D eigenvalue weighted by Crippen LogP contribution is 2.23. The summed E-state index contributed by atoms with van der Waals surface area (Å²) < 4.78 is 13.5. The summed E-state index contributed by atoms with van der Waals surface area (Å²) in [6.45, 7) is 1.38. The number of anilines is 1. The van der Waals surface area contributed by atoms with E-state index in [4.69, 9.17) is 0 Å². The Bertz CT molecular complexity index is 598. The number of hydrogen-bond acceptors (Lipinski definition) is 4. The quantitative estimate of drug-likeness (QED) is 0.886. The van der Waals surface area contributed by atoms with Crippen molar-refractivity contribution in [2.45, 2.75) is 32.0 Å². The number of halogens is 1. The van der Waals surface area contributed by atoms with E-state index in [2.05, 4.69) is 15.3 Å². The van der Waals surface area contributed by atoms with Crippen LogP contribution in [0.3, 0.4) is 0 Å². The molecule has 1 saturated carbocycles. The van der Waals surface area contributed by atoms with Crippen LogP contribution in [0.1, 0.15) is 24.0 Å². The van der Waals surface area contributed by atoms with Crippen LogP contribution in [0.2, 0.25) is 0 Å². The Balaban J connectivity index is 1.75. The van der Waals surface area contributed by atoms with E-state index in [0.717, 1.165) is 23.5 Å². The van der Waals surface area contributed by atoms with Gasteiger partial charge in [-0.25, -0.2) is 9.37 Å². The lowest BCUT2D eigenvalue weighted by molar-refractivity contribution is 0.610. The summed E-state index contributed by atoms with van der Waals surface area (Å²) in [7, 11) is 1.97. The average molecular weight is 286 g/mol.